The van der Waals surface area contributed by atoms with Gasteiger partial charge in [0.25, 0.3) is 0 Å². The summed E-state index contributed by atoms with van der Waals surface area (Å²) in [7, 11) is 0. The Morgan fingerprint density at radius 2 is 1.70 bits per heavy atom. The predicted octanol–water partition coefficient (Wildman–Crippen LogP) is 2.73. The number of nitrogens with one attached hydrogen (secondary N) is 1. The third-order valence-corrected chi connectivity index (χ3v) is 3.79. The molecule has 1 heterocycles. The Morgan fingerprint density at radius 3 is 2.26 bits per heavy atom. The molecule has 1 N–H and O–H groups in total. The minimum Gasteiger partial charge on any atom is -0.618 e. The minimum absolute atomic E-state index is 0.141. The van der Waals surface area contributed by atoms with Crippen molar-refractivity contribution in [3.8, 4) is 0 Å². The average molecular weight is 370 g/mol. The number of ether oxygens (including phenoxy) is 1. The van der Waals surface area contributed by atoms with Crippen LogP contribution in [0.4, 0.5) is 5.69 Å². The zero-order valence-corrected chi connectivity index (χ0v) is 15.7. The first kappa shape index (κ1) is 20.1. The number of hydrogen-bond acceptors (Lipinski definition) is 5. The lowest BCUT2D eigenvalue weighted by atomic mass is 9.95. The van der Waals surface area contributed by atoms with Gasteiger partial charge in [-0.2, -0.15) is 4.73 Å². The number of esters is 1. The van der Waals surface area contributed by atoms with E-state index in [1.54, 1.807) is 45.0 Å². The highest BCUT2D eigenvalue weighted by atomic mass is 16.6. The van der Waals surface area contributed by atoms with Gasteiger partial charge in [-0.3, -0.25) is 9.59 Å². The summed E-state index contributed by atoms with van der Waals surface area (Å²) in [5.74, 6) is -1.43. The van der Waals surface area contributed by atoms with Crippen LogP contribution in [0.3, 0.4) is 0 Å². The third kappa shape index (κ3) is 5.13. The summed E-state index contributed by atoms with van der Waals surface area (Å²) in [6.07, 6.45) is 0.112. The molecule has 142 valence electrons. The lowest BCUT2D eigenvalue weighted by molar-refractivity contribution is -0.608. The smallest absolute Gasteiger partial charge is 0.405 e. The van der Waals surface area contributed by atoms with Gasteiger partial charge in [-0.15, -0.1) is 0 Å². The molecule has 0 fully saturated rings. The number of aromatic nitrogens is 1. The summed E-state index contributed by atoms with van der Waals surface area (Å²) in [4.78, 5) is 36.5. The zero-order chi connectivity index (χ0) is 20.2. The standard InChI is InChI=1S/C20H22N2O5/c1-13(27-18(24)16-7-5-6-12-22(16)26)17(23)14-8-10-15(11-9-14)21-19(25)20(2,3)4/h5-13H,1-4H3,(H,21,25)/t13-/m1/s1. The molecular weight excluding hydrogens is 348 g/mol. The molecule has 0 unspecified atom stereocenters. The van der Waals surface area contributed by atoms with Crippen LogP contribution in [-0.4, -0.2) is 23.8 Å². The predicted molar refractivity (Wildman–Crippen MR) is 99.1 cm³/mol. The van der Waals surface area contributed by atoms with E-state index in [-0.39, 0.29) is 11.6 Å². The van der Waals surface area contributed by atoms with E-state index in [4.69, 9.17) is 4.74 Å². The number of anilines is 1. The molecule has 0 aliphatic rings. The van der Waals surface area contributed by atoms with Gasteiger partial charge in [-0.05, 0) is 37.3 Å². The second kappa shape index (κ2) is 7.99. The lowest BCUT2D eigenvalue weighted by Gasteiger charge is -2.18. The maximum absolute atomic E-state index is 12.4. The number of ketones is 1. The monoisotopic (exact) mass is 370 g/mol. The van der Waals surface area contributed by atoms with Gasteiger partial charge in [0.2, 0.25) is 11.7 Å². The molecule has 1 atom stereocenters. The van der Waals surface area contributed by atoms with Gasteiger partial charge >= 0.3 is 11.7 Å². The molecule has 0 radical (unpaired) electrons. The molecule has 7 heteroatoms. The largest absolute Gasteiger partial charge is 0.618 e. The highest BCUT2D eigenvalue weighted by molar-refractivity contribution is 6.01. The van der Waals surface area contributed by atoms with E-state index in [9.17, 15) is 19.6 Å². The number of Topliss-reactive ketones (excluding diaryl/α,β-unsaturated/α-hetero) is 1. The fourth-order valence-electron chi connectivity index (χ4n) is 2.13. The number of carbonyl (C=O) groups is 3. The van der Waals surface area contributed by atoms with Crippen LogP contribution in [0, 0.1) is 10.6 Å². The molecule has 0 aliphatic carbocycles. The van der Waals surface area contributed by atoms with E-state index in [1.807, 2.05) is 0 Å². The van der Waals surface area contributed by atoms with E-state index >= 15 is 0 Å². The van der Waals surface area contributed by atoms with E-state index in [0.29, 0.717) is 16.0 Å². The molecule has 0 spiro atoms. The van der Waals surface area contributed by atoms with Gasteiger partial charge in [0.05, 0.1) is 0 Å². The van der Waals surface area contributed by atoms with E-state index in [0.717, 1.165) is 0 Å². The second-order valence-electron chi connectivity index (χ2n) is 7.10. The molecule has 1 aromatic heterocycles. The summed E-state index contributed by atoms with van der Waals surface area (Å²) in [5, 5.41) is 14.3. The van der Waals surface area contributed by atoms with Crippen LogP contribution in [-0.2, 0) is 9.53 Å². The molecule has 7 nitrogen and oxygen atoms in total. The average Bonchev–Trinajstić information content (AvgIpc) is 2.61. The summed E-state index contributed by atoms with van der Waals surface area (Å²) in [5.41, 5.74) is 0.157. The summed E-state index contributed by atoms with van der Waals surface area (Å²) >= 11 is 0. The fourth-order valence-corrected chi connectivity index (χ4v) is 2.13. The van der Waals surface area contributed by atoms with Crippen LogP contribution in [0.25, 0.3) is 0 Å². The second-order valence-corrected chi connectivity index (χ2v) is 7.10. The number of pyridine rings is 1. The molecule has 1 amide bonds. The van der Waals surface area contributed by atoms with Crippen molar-refractivity contribution >= 4 is 23.3 Å². The van der Waals surface area contributed by atoms with Gasteiger partial charge in [-0.1, -0.05) is 20.8 Å². The Balaban J connectivity index is 2.03. The number of carbonyl (C=O) groups excluding carboxylic acids is 3. The number of nitrogens with zero attached hydrogens (tertiary/aromatic N) is 1. The van der Waals surface area contributed by atoms with Gasteiger partial charge in [-0.25, -0.2) is 4.79 Å². The maximum Gasteiger partial charge on any atom is 0.405 e. The SMILES string of the molecule is C[C@@H](OC(=O)c1cccc[n+]1[O-])C(=O)c1ccc(NC(=O)C(C)(C)C)cc1. The molecule has 0 aliphatic heterocycles. The highest BCUT2D eigenvalue weighted by Crippen LogP contribution is 2.18. The van der Waals surface area contributed by atoms with Crippen molar-refractivity contribution in [2.45, 2.75) is 33.8 Å². The topological polar surface area (TPSA) is 99.4 Å². The van der Waals surface area contributed by atoms with Gasteiger partial charge < -0.3 is 15.3 Å². The van der Waals surface area contributed by atoms with E-state index < -0.39 is 23.3 Å². The van der Waals surface area contributed by atoms with Gasteiger partial charge in [0.15, 0.2) is 12.3 Å². The highest BCUT2D eigenvalue weighted by Gasteiger charge is 2.25. The van der Waals surface area contributed by atoms with Crippen molar-refractivity contribution in [2.75, 3.05) is 5.32 Å². The summed E-state index contributed by atoms with van der Waals surface area (Å²) < 4.78 is 5.48. The Hall–Kier alpha value is -3.22. The quantitative estimate of drug-likeness (QED) is 0.378. The number of benzene rings is 1. The lowest BCUT2D eigenvalue weighted by Crippen LogP contribution is -2.36. The maximum atomic E-state index is 12.4. The normalized spacial score (nSPS) is 12.1. The van der Waals surface area contributed by atoms with Crippen LogP contribution < -0.4 is 10.0 Å². The van der Waals surface area contributed by atoms with Crippen molar-refractivity contribution in [1.82, 2.24) is 0 Å². The zero-order valence-electron chi connectivity index (χ0n) is 15.7. The van der Waals surface area contributed by atoms with Crippen LogP contribution >= 0.6 is 0 Å². The van der Waals surface area contributed by atoms with Crippen molar-refractivity contribution in [3.05, 3.63) is 65.1 Å². The van der Waals surface area contributed by atoms with E-state index in [2.05, 4.69) is 5.32 Å². The molecule has 2 aromatic rings. The number of amides is 1. The first-order valence-electron chi connectivity index (χ1n) is 8.44. The minimum atomic E-state index is -1.06. The molecule has 0 bridgehead atoms. The summed E-state index contributed by atoms with van der Waals surface area (Å²) in [6, 6.07) is 10.6. The third-order valence-electron chi connectivity index (χ3n) is 3.79. The molecule has 1 aromatic carbocycles. The van der Waals surface area contributed by atoms with Gasteiger partial charge in [0, 0.05) is 28.8 Å². The Labute approximate surface area is 157 Å². The Kier molecular flexibility index (Phi) is 5.95. The van der Waals surface area contributed by atoms with Crippen LogP contribution in [0.15, 0.2) is 48.7 Å². The van der Waals surface area contributed by atoms with Crippen molar-refractivity contribution in [2.24, 2.45) is 5.41 Å². The number of rotatable bonds is 5. The fraction of sp³-hybridized carbons (Fsp3) is 0.300. The van der Waals surface area contributed by atoms with Crippen molar-refractivity contribution in [3.63, 3.8) is 0 Å². The molecule has 0 saturated carbocycles. The molecule has 2 rings (SSSR count). The van der Waals surface area contributed by atoms with Gasteiger partial charge in [0.1, 0.15) is 0 Å². The molecule has 27 heavy (non-hydrogen) atoms. The Morgan fingerprint density at radius 1 is 1.07 bits per heavy atom. The van der Waals surface area contributed by atoms with Crippen LogP contribution in [0.1, 0.15) is 48.5 Å². The van der Waals surface area contributed by atoms with Crippen LogP contribution in [0.5, 0.6) is 0 Å². The molecular formula is C20H22N2O5. The van der Waals surface area contributed by atoms with Crippen molar-refractivity contribution < 1.29 is 23.9 Å². The first-order valence-corrected chi connectivity index (χ1v) is 8.44. The molecule has 0 saturated heterocycles. The Bertz CT molecular complexity index is 853. The van der Waals surface area contributed by atoms with Crippen LogP contribution in [0.2, 0.25) is 0 Å². The first-order chi connectivity index (χ1) is 12.6. The number of hydrogen-bond donors (Lipinski definition) is 1. The van der Waals surface area contributed by atoms with Crippen molar-refractivity contribution in [1.29, 1.82) is 0 Å². The van der Waals surface area contributed by atoms with E-state index in [1.165, 1.54) is 31.3 Å². The summed E-state index contributed by atoms with van der Waals surface area (Å²) in [6.45, 7) is 6.84.